The predicted molar refractivity (Wildman–Crippen MR) is 122 cm³/mol. The zero-order chi connectivity index (χ0) is 22.7. The van der Waals surface area contributed by atoms with Crippen LogP contribution >= 0.6 is 7.14 Å². The standard InChI is InChI=1S/C22H23BF2N3O3P/c23-22(30,20-16-5-2-14(24)12-17(16)21(29)27-26-20)13-1-6-18(25)19(11-13)32(31)9-7-28(8-10-32)15-3-4-15/h1-2,5-6,11-12,15,30H,3-4,7-10,23H2,(H,27,29). The van der Waals surface area contributed by atoms with E-state index in [-0.39, 0.29) is 21.8 Å². The second-order valence-corrected chi connectivity index (χ2v) is 12.1. The van der Waals surface area contributed by atoms with Crippen LogP contribution in [-0.4, -0.2) is 59.5 Å². The summed E-state index contributed by atoms with van der Waals surface area (Å²) in [6.45, 7) is 1.36. The molecular formula is C22H23BF2N3O3P. The Kier molecular flexibility index (Phi) is 5.11. The zero-order valence-corrected chi connectivity index (χ0v) is 18.5. The Labute approximate surface area is 184 Å². The van der Waals surface area contributed by atoms with Crippen molar-refractivity contribution in [3.05, 3.63) is 69.6 Å². The minimum Gasteiger partial charge on any atom is -0.388 e. The second kappa shape index (κ2) is 7.61. The third kappa shape index (κ3) is 3.62. The maximum Gasteiger partial charge on any atom is 0.272 e. The SMILES string of the molecule is BC(O)(c1ccc(F)c(P2(=O)CCN(C3CC3)CC2)c1)c1n[nH]c(=O)c2cc(F)ccc12. The van der Waals surface area contributed by atoms with E-state index in [1.807, 2.05) is 0 Å². The summed E-state index contributed by atoms with van der Waals surface area (Å²) in [5.41, 5.74) is -1.91. The summed E-state index contributed by atoms with van der Waals surface area (Å²) >= 11 is 0. The Bertz CT molecular complexity index is 1310. The van der Waals surface area contributed by atoms with Crippen molar-refractivity contribution in [3.8, 4) is 0 Å². The highest BCUT2D eigenvalue weighted by Crippen LogP contribution is 2.49. The number of aromatic nitrogens is 2. The van der Waals surface area contributed by atoms with Crippen LogP contribution in [0.5, 0.6) is 0 Å². The topological polar surface area (TPSA) is 86.3 Å². The first kappa shape index (κ1) is 21.5. The van der Waals surface area contributed by atoms with E-state index in [1.165, 1.54) is 51.0 Å². The molecule has 2 aromatic carbocycles. The lowest BCUT2D eigenvalue weighted by molar-refractivity contribution is 0.167. The van der Waals surface area contributed by atoms with Gasteiger partial charge in [-0.3, -0.25) is 9.69 Å². The van der Waals surface area contributed by atoms with Gasteiger partial charge in [0.25, 0.3) is 5.56 Å². The molecular weight excluding hydrogens is 434 g/mol. The fourth-order valence-corrected chi connectivity index (χ4v) is 7.33. The quantitative estimate of drug-likeness (QED) is 0.458. The molecule has 32 heavy (non-hydrogen) atoms. The minimum atomic E-state index is -2.96. The molecule has 166 valence electrons. The van der Waals surface area contributed by atoms with E-state index in [9.17, 15) is 23.2 Å². The first-order valence-electron chi connectivity index (χ1n) is 10.7. The number of aromatic amines is 1. The van der Waals surface area contributed by atoms with E-state index in [0.29, 0.717) is 37.0 Å². The average molecular weight is 457 g/mol. The third-order valence-electron chi connectivity index (χ3n) is 6.72. The number of hydrogen-bond acceptors (Lipinski definition) is 5. The van der Waals surface area contributed by atoms with E-state index < -0.39 is 29.8 Å². The molecule has 2 heterocycles. The second-order valence-electron chi connectivity index (χ2n) is 8.93. The third-order valence-corrected chi connectivity index (χ3v) is 9.78. The number of hydrogen-bond donors (Lipinski definition) is 2. The van der Waals surface area contributed by atoms with Crippen LogP contribution in [0, 0.1) is 11.6 Å². The maximum absolute atomic E-state index is 14.8. The summed E-state index contributed by atoms with van der Waals surface area (Å²) in [5.74, 6) is -1.13. The molecule has 1 aromatic heterocycles. The largest absolute Gasteiger partial charge is 0.388 e. The number of nitrogens with one attached hydrogen (secondary N) is 1. The molecule has 2 fully saturated rings. The average Bonchev–Trinajstić information content (AvgIpc) is 3.60. The monoisotopic (exact) mass is 457 g/mol. The van der Waals surface area contributed by atoms with Crippen LogP contribution in [0.4, 0.5) is 8.78 Å². The number of aliphatic hydroxyl groups is 1. The molecule has 0 spiro atoms. The zero-order valence-electron chi connectivity index (χ0n) is 17.6. The summed E-state index contributed by atoms with van der Waals surface area (Å²) in [6, 6.07) is 8.34. The highest BCUT2D eigenvalue weighted by Gasteiger charge is 2.39. The van der Waals surface area contributed by atoms with E-state index in [4.69, 9.17) is 0 Å². The molecule has 2 aliphatic rings. The number of rotatable bonds is 4. The smallest absolute Gasteiger partial charge is 0.272 e. The summed E-state index contributed by atoms with van der Waals surface area (Å²) < 4.78 is 42.2. The van der Waals surface area contributed by atoms with Gasteiger partial charge in [0.1, 0.15) is 18.8 Å². The summed E-state index contributed by atoms with van der Waals surface area (Å²) in [7, 11) is -1.49. The number of nitrogens with zero attached hydrogens (tertiary/aromatic N) is 2. The molecule has 3 aromatic rings. The van der Waals surface area contributed by atoms with Gasteiger partial charge in [-0.1, -0.05) is 6.07 Å². The van der Waals surface area contributed by atoms with E-state index >= 15 is 0 Å². The van der Waals surface area contributed by atoms with Crippen molar-refractivity contribution in [1.82, 2.24) is 15.1 Å². The lowest BCUT2D eigenvalue weighted by Gasteiger charge is -2.33. The molecule has 10 heteroatoms. The predicted octanol–water partition coefficient (Wildman–Crippen LogP) is 1.49. The van der Waals surface area contributed by atoms with E-state index in [0.717, 1.165) is 6.07 Å². The Morgan fingerprint density at radius 2 is 1.84 bits per heavy atom. The molecule has 6 nitrogen and oxygen atoms in total. The van der Waals surface area contributed by atoms with Gasteiger partial charge >= 0.3 is 0 Å². The van der Waals surface area contributed by atoms with Gasteiger partial charge in [0.05, 0.1) is 16.6 Å². The van der Waals surface area contributed by atoms with Crippen molar-refractivity contribution in [3.63, 3.8) is 0 Å². The van der Waals surface area contributed by atoms with Crippen LogP contribution in [0.1, 0.15) is 24.1 Å². The Balaban J connectivity index is 1.56. The van der Waals surface area contributed by atoms with Gasteiger partial charge in [-0.25, -0.2) is 13.9 Å². The highest BCUT2D eigenvalue weighted by atomic mass is 31.2. The molecule has 1 saturated carbocycles. The van der Waals surface area contributed by atoms with Crippen molar-refractivity contribution in [2.24, 2.45) is 0 Å². The first-order chi connectivity index (χ1) is 15.2. The van der Waals surface area contributed by atoms with Crippen LogP contribution in [0.25, 0.3) is 10.8 Å². The van der Waals surface area contributed by atoms with Crippen molar-refractivity contribution in [1.29, 1.82) is 0 Å². The maximum atomic E-state index is 14.8. The summed E-state index contributed by atoms with van der Waals surface area (Å²) in [6.07, 6.45) is 3.15. The van der Waals surface area contributed by atoms with Gasteiger partial charge in [0.2, 0.25) is 0 Å². The van der Waals surface area contributed by atoms with Crippen molar-refractivity contribution >= 4 is 31.1 Å². The van der Waals surface area contributed by atoms with E-state index in [2.05, 4.69) is 15.1 Å². The Morgan fingerprint density at radius 1 is 1.12 bits per heavy atom. The molecule has 0 bridgehead atoms. The van der Waals surface area contributed by atoms with Crippen LogP contribution in [0.2, 0.25) is 0 Å². The van der Waals surface area contributed by atoms with Crippen molar-refractivity contribution in [2.45, 2.75) is 24.4 Å². The molecule has 2 N–H and O–H groups in total. The Morgan fingerprint density at radius 3 is 2.53 bits per heavy atom. The first-order valence-corrected chi connectivity index (χ1v) is 12.8. The van der Waals surface area contributed by atoms with E-state index in [1.54, 1.807) is 0 Å². The van der Waals surface area contributed by atoms with Crippen molar-refractivity contribution in [2.75, 3.05) is 25.4 Å². The highest BCUT2D eigenvalue weighted by molar-refractivity contribution is 7.71. The minimum absolute atomic E-state index is 0.0536. The van der Waals surface area contributed by atoms with Crippen LogP contribution in [-0.2, 0) is 10.1 Å². The molecule has 0 radical (unpaired) electrons. The lowest BCUT2D eigenvalue weighted by Crippen LogP contribution is -2.39. The van der Waals surface area contributed by atoms with Gasteiger partial charge in [0, 0.05) is 42.1 Å². The fourth-order valence-electron chi connectivity index (χ4n) is 4.62. The summed E-state index contributed by atoms with van der Waals surface area (Å²) in [5, 5.41) is 18.2. The van der Waals surface area contributed by atoms with Gasteiger partial charge in [-0.2, -0.15) is 5.10 Å². The normalized spacial score (nSPS) is 20.8. The molecule has 1 atom stereocenters. The fraction of sp³-hybridized carbons (Fsp3) is 0.364. The number of halogens is 2. The molecule has 1 aliphatic heterocycles. The molecule has 1 saturated heterocycles. The van der Waals surface area contributed by atoms with Crippen LogP contribution in [0.15, 0.2) is 41.2 Å². The summed E-state index contributed by atoms with van der Waals surface area (Å²) in [4.78, 5) is 14.4. The number of benzene rings is 2. The van der Waals surface area contributed by atoms with Gasteiger partial charge in [-0.05, 0) is 48.7 Å². The van der Waals surface area contributed by atoms with Gasteiger partial charge < -0.3 is 9.67 Å². The lowest BCUT2D eigenvalue weighted by atomic mass is 9.72. The molecule has 1 aliphatic carbocycles. The number of H-pyrrole nitrogens is 1. The molecule has 1 unspecified atom stereocenters. The van der Waals surface area contributed by atoms with Crippen LogP contribution in [0.3, 0.4) is 0 Å². The van der Waals surface area contributed by atoms with Gasteiger partial charge in [0.15, 0.2) is 7.85 Å². The molecule has 0 amide bonds. The van der Waals surface area contributed by atoms with Crippen LogP contribution < -0.4 is 10.9 Å². The Hall–Kier alpha value is -2.35. The molecule has 5 rings (SSSR count). The number of fused-ring (bicyclic) bond motifs is 1. The van der Waals surface area contributed by atoms with Crippen molar-refractivity contribution < 1.29 is 18.5 Å². The van der Waals surface area contributed by atoms with Gasteiger partial charge in [-0.15, -0.1) is 0 Å².